The molecule has 0 bridgehead atoms. The van der Waals surface area contributed by atoms with E-state index in [1.807, 2.05) is 6.92 Å². The van der Waals surface area contributed by atoms with Crippen LogP contribution in [0.4, 0.5) is 13.2 Å². The smallest absolute Gasteiger partial charge is 0.388 e. The Hall–Kier alpha value is -0.606. The molecule has 0 aliphatic heterocycles. The average Bonchev–Trinajstić information content (AvgIpc) is 2.32. The second-order valence-electron chi connectivity index (χ2n) is 5.39. The van der Waals surface area contributed by atoms with E-state index in [0.29, 0.717) is 0 Å². The molecule has 0 aromatic rings. The van der Waals surface area contributed by atoms with Gasteiger partial charge in [0.15, 0.2) is 8.32 Å². The summed E-state index contributed by atoms with van der Waals surface area (Å²) in [5.41, 5.74) is 0.0848. The van der Waals surface area contributed by atoms with Gasteiger partial charge in [0.2, 0.25) is 0 Å². The zero-order chi connectivity index (χ0) is 16.0. The number of rotatable bonds is 8. The minimum atomic E-state index is -4.18. The fraction of sp³-hybridized carbons (Fsp3) is 0.750. The summed E-state index contributed by atoms with van der Waals surface area (Å²) in [6.07, 6.45) is -4.29. The number of hydrogen-bond acceptors (Lipinski definition) is 3. The molecule has 0 fully saturated rings. The van der Waals surface area contributed by atoms with Gasteiger partial charge in [0.1, 0.15) is 0 Å². The van der Waals surface area contributed by atoms with Crippen LogP contribution in [-0.4, -0.2) is 43.0 Å². The molecule has 0 saturated heterocycles. The van der Waals surface area contributed by atoms with Gasteiger partial charge in [-0.1, -0.05) is 13.5 Å². The van der Waals surface area contributed by atoms with Crippen molar-refractivity contribution >= 4 is 24.5 Å². The molecule has 20 heavy (non-hydrogen) atoms. The predicted octanol–water partition coefficient (Wildman–Crippen LogP) is 2.36. The van der Waals surface area contributed by atoms with E-state index in [9.17, 15) is 18.0 Å². The lowest BCUT2D eigenvalue weighted by atomic mass is 10.3. The first-order valence-electron chi connectivity index (χ1n) is 6.56. The van der Waals surface area contributed by atoms with Gasteiger partial charge in [-0.3, -0.25) is 0 Å². The Bertz CT molecular complexity index is 343. The molecular weight excluding hydrogens is 305 g/mol. The first kappa shape index (κ1) is 19.4. The monoisotopic (exact) mass is 328 g/mol. The number of halogens is 3. The van der Waals surface area contributed by atoms with E-state index in [1.165, 1.54) is 0 Å². The molecule has 0 heterocycles. The fourth-order valence-corrected chi connectivity index (χ4v) is 3.01. The van der Waals surface area contributed by atoms with Crippen LogP contribution in [0.2, 0.25) is 19.1 Å². The highest BCUT2D eigenvalue weighted by molar-refractivity contribution is 6.71. The van der Waals surface area contributed by atoms with Crippen LogP contribution in [0.3, 0.4) is 0 Å². The normalized spacial score (nSPS) is 14.1. The summed E-state index contributed by atoms with van der Waals surface area (Å²) in [5, 5.41) is 0. The van der Waals surface area contributed by atoms with Crippen molar-refractivity contribution in [1.29, 1.82) is 0 Å². The molecule has 1 unspecified atom stereocenters. The molecule has 8 heteroatoms. The van der Waals surface area contributed by atoms with Gasteiger partial charge < -0.3 is 9.16 Å². The Morgan fingerprint density at radius 3 is 2.40 bits per heavy atom. The largest absolute Gasteiger partial charge is 0.464 e. The predicted molar refractivity (Wildman–Crippen MR) is 78.2 cm³/mol. The maximum Gasteiger partial charge on any atom is 0.388 e. The third-order valence-electron chi connectivity index (χ3n) is 2.82. The van der Waals surface area contributed by atoms with Crippen molar-refractivity contribution in [2.45, 2.75) is 50.8 Å². The van der Waals surface area contributed by atoms with E-state index in [4.69, 9.17) is 9.16 Å². The Morgan fingerprint density at radius 1 is 1.40 bits per heavy atom. The number of carbonyl (C=O) groups excluding carboxylic acids is 1. The van der Waals surface area contributed by atoms with Crippen LogP contribution >= 0.6 is 0 Å². The van der Waals surface area contributed by atoms with Gasteiger partial charge in [0, 0.05) is 6.42 Å². The Morgan fingerprint density at radius 2 is 1.95 bits per heavy atom. The molecule has 0 aromatic heterocycles. The number of hydrogen-bond donors (Lipinski definition) is 0. The standard InChI is InChI=1S/C12H23F3O3Si2/c1-5-10(19)18-11(16)9(2)8-17-20(3,4)7-6-12(13,14)15/h10H,2,5-8H2,1,3-4,19H3. The van der Waals surface area contributed by atoms with Crippen LogP contribution < -0.4 is 0 Å². The molecule has 0 saturated carbocycles. The summed E-state index contributed by atoms with van der Waals surface area (Å²) in [4.78, 5) is 11.6. The van der Waals surface area contributed by atoms with Crippen LogP contribution in [-0.2, 0) is 14.0 Å². The van der Waals surface area contributed by atoms with Crippen molar-refractivity contribution in [3.63, 3.8) is 0 Å². The molecule has 0 aromatic carbocycles. The Kier molecular flexibility index (Phi) is 7.75. The fourth-order valence-electron chi connectivity index (χ4n) is 1.21. The van der Waals surface area contributed by atoms with Gasteiger partial charge in [-0.2, -0.15) is 13.2 Å². The molecule has 0 amide bonds. The lowest BCUT2D eigenvalue weighted by molar-refractivity contribution is -0.141. The van der Waals surface area contributed by atoms with Crippen molar-refractivity contribution in [3.05, 3.63) is 12.2 Å². The number of esters is 1. The van der Waals surface area contributed by atoms with Crippen molar-refractivity contribution < 1.29 is 27.1 Å². The minimum absolute atomic E-state index is 0.0307. The molecule has 118 valence electrons. The summed E-state index contributed by atoms with van der Waals surface area (Å²) >= 11 is 0. The van der Waals surface area contributed by atoms with Crippen LogP contribution in [0.15, 0.2) is 12.2 Å². The second-order valence-corrected chi connectivity index (χ2v) is 11.0. The quantitative estimate of drug-likeness (QED) is 0.390. The van der Waals surface area contributed by atoms with Gasteiger partial charge in [0.25, 0.3) is 0 Å². The number of ether oxygens (including phenoxy) is 1. The van der Waals surface area contributed by atoms with Crippen molar-refractivity contribution in [2.24, 2.45) is 0 Å². The highest BCUT2D eigenvalue weighted by Crippen LogP contribution is 2.26. The number of carbonyl (C=O) groups is 1. The maximum absolute atomic E-state index is 12.2. The summed E-state index contributed by atoms with van der Waals surface area (Å²) in [6, 6.07) is -0.0307. The average molecular weight is 328 g/mol. The molecule has 1 atom stereocenters. The summed E-state index contributed by atoms with van der Waals surface area (Å²) in [6.45, 7) is 8.81. The van der Waals surface area contributed by atoms with Crippen molar-refractivity contribution in [1.82, 2.24) is 0 Å². The van der Waals surface area contributed by atoms with Gasteiger partial charge in [-0.25, -0.2) is 4.79 Å². The molecule has 0 radical (unpaired) electrons. The van der Waals surface area contributed by atoms with Crippen LogP contribution in [0.1, 0.15) is 19.8 Å². The van der Waals surface area contributed by atoms with Gasteiger partial charge in [-0.05, 0) is 25.6 Å². The van der Waals surface area contributed by atoms with E-state index in [1.54, 1.807) is 13.1 Å². The zero-order valence-corrected chi connectivity index (χ0v) is 15.5. The molecule has 0 rings (SSSR count). The third-order valence-corrected chi connectivity index (χ3v) is 6.25. The molecule has 0 spiro atoms. The topological polar surface area (TPSA) is 35.5 Å². The highest BCUT2D eigenvalue weighted by Gasteiger charge is 2.33. The van der Waals surface area contributed by atoms with Crippen molar-refractivity contribution in [2.75, 3.05) is 6.61 Å². The molecular formula is C12H23F3O3Si2. The van der Waals surface area contributed by atoms with Crippen LogP contribution in [0.25, 0.3) is 0 Å². The van der Waals surface area contributed by atoms with Crippen LogP contribution in [0, 0.1) is 0 Å². The molecule has 0 aliphatic rings. The molecule has 0 aliphatic carbocycles. The third kappa shape index (κ3) is 9.32. The Balaban J connectivity index is 4.18. The summed E-state index contributed by atoms with van der Waals surface area (Å²) in [7, 11) is -1.72. The van der Waals surface area contributed by atoms with E-state index in [2.05, 4.69) is 6.58 Å². The van der Waals surface area contributed by atoms with E-state index < -0.39 is 26.9 Å². The summed E-state index contributed by atoms with van der Waals surface area (Å²) < 4.78 is 47.1. The van der Waals surface area contributed by atoms with Gasteiger partial charge in [-0.15, -0.1) is 0 Å². The van der Waals surface area contributed by atoms with Crippen LogP contribution in [0.5, 0.6) is 0 Å². The first-order chi connectivity index (χ1) is 8.97. The SMILES string of the molecule is C=C(CO[Si](C)(C)CCC(F)(F)F)C(=O)OC([SiH3])CC. The zero-order valence-electron chi connectivity index (χ0n) is 12.5. The minimum Gasteiger partial charge on any atom is -0.464 e. The van der Waals surface area contributed by atoms with E-state index in [0.717, 1.165) is 16.7 Å². The number of alkyl halides is 3. The van der Waals surface area contributed by atoms with E-state index >= 15 is 0 Å². The lowest BCUT2D eigenvalue weighted by Crippen LogP contribution is -2.33. The highest BCUT2D eigenvalue weighted by atomic mass is 28.4. The molecule has 0 N–H and O–H groups in total. The first-order valence-corrected chi connectivity index (χ1v) is 10.8. The second kappa shape index (κ2) is 7.99. The van der Waals surface area contributed by atoms with Crippen molar-refractivity contribution in [3.8, 4) is 0 Å². The Labute approximate surface area is 122 Å². The maximum atomic E-state index is 12.2. The van der Waals surface area contributed by atoms with E-state index in [-0.39, 0.29) is 24.0 Å². The van der Waals surface area contributed by atoms with Gasteiger partial charge >= 0.3 is 12.1 Å². The summed E-state index contributed by atoms with van der Waals surface area (Å²) in [5.74, 6) is -0.521. The lowest BCUT2D eigenvalue weighted by Gasteiger charge is -2.24. The van der Waals surface area contributed by atoms with Gasteiger partial charge in [0.05, 0.1) is 28.1 Å². The molecule has 3 nitrogen and oxygen atoms in total.